The van der Waals surface area contributed by atoms with Crippen molar-refractivity contribution in [3.8, 4) is 0 Å². The minimum atomic E-state index is -0.511. The molecule has 1 aromatic rings. The molecule has 0 bridgehead atoms. The topological polar surface area (TPSA) is 43.7 Å². The molecule has 0 amide bonds. The van der Waals surface area contributed by atoms with E-state index in [-0.39, 0.29) is 18.3 Å². The van der Waals surface area contributed by atoms with Crippen molar-refractivity contribution >= 4 is 11.6 Å². The standard InChI is InChI=1S/C13H17ClFNO2/c14-12-5-11(15)2-1-9(12)6-16-4-3-10(8-17)13(18)7-16/h1-2,5,10,13,17-18H,3-4,6-8H2/t10-,13-/m1/s1. The van der Waals surface area contributed by atoms with Gasteiger partial charge in [-0.15, -0.1) is 0 Å². The predicted molar refractivity (Wildman–Crippen MR) is 67.9 cm³/mol. The van der Waals surface area contributed by atoms with E-state index >= 15 is 0 Å². The normalized spacial score (nSPS) is 25.3. The van der Waals surface area contributed by atoms with Crippen LogP contribution in [-0.2, 0) is 6.54 Å². The number of hydrogen-bond donors (Lipinski definition) is 2. The van der Waals surface area contributed by atoms with Gasteiger partial charge in [0.2, 0.25) is 0 Å². The molecule has 1 aliphatic heterocycles. The number of nitrogens with zero attached hydrogens (tertiary/aromatic N) is 1. The number of aliphatic hydroxyl groups is 2. The van der Waals surface area contributed by atoms with Gasteiger partial charge in [0.25, 0.3) is 0 Å². The van der Waals surface area contributed by atoms with Gasteiger partial charge in [-0.05, 0) is 30.7 Å². The maximum absolute atomic E-state index is 12.9. The quantitative estimate of drug-likeness (QED) is 0.880. The third-order valence-electron chi connectivity index (χ3n) is 3.45. The number of β-amino-alcohol motifs (C(OH)–C–C–N with tert-alkyl or cyclic N) is 1. The molecule has 3 nitrogen and oxygen atoms in total. The second-order valence-electron chi connectivity index (χ2n) is 4.77. The Hall–Kier alpha value is -0.680. The molecule has 1 fully saturated rings. The number of piperidine rings is 1. The predicted octanol–water partition coefficient (Wildman–Crippen LogP) is 1.65. The monoisotopic (exact) mass is 273 g/mol. The molecule has 0 radical (unpaired) electrons. The summed E-state index contributed by atoms with van der Waals surface area (Å²) >= 11 is 5.97. The number of benzene rings is 1. The van der Waals surface area contributed by atoms with Crippen molar-refractivity contribution in [3.63, 3.8) is 0 Å². The summed E-state index contributed by atoms with van der Waals surface area (Å²) in [5.74, 6) is -0.382. The Kier molecular flexibility index (Phi) is 4.56. The van der Waals surface area contributed by atoms with Crippen molar-refractivity contribution in [2.75, 3.05) is 19.7 Å². The number of halogens is 2. The first-order chi connectivity index (χ1) is 8.60. The highest BCUT2D eigenvalue weighted by Crippen LogP contribution is 2.23. The summed E-state index contributed by atoms with van der Waals surface area (Å²) in [6, 6.07) is 4.36. The van der Waals surface area contributed by atoms with Gasteiger partial charge in [-0.1, -0.05) is 17.7 Å². The van der Waals surface area contributed by atoms with Crippen molar-refractivity contribution in [2.24, 2.45) is 5.92 Å². The van der Waals surface area contributed by atoms with Crippen molar-refractivity contribution in [1.29, 1.82) is 0 Å². The molecule has 0 aliphatic carbocycles. The van der Waals surface area contributed by atoms with Crippen LogP contribution in [-0.4, -0.2) is 40.9 Å². The van der Waals surface area contributed by atoms with E-state index in [1.807, 2.05) is 0 Å². The first-order valence-corrected chi connectivity index (χ1v) is 6.43. The Balaban J connectivity index is 1.98. The zero-order chi connectivity index (χ0) is 13.1. The van der Waals surface area contributed by atoms with Crippen molar-refractivity contribution in [3.05, 3.63) is 34.6 Å². The van der Waals surface area contributed by atoms with E-state index in [1.54, 1.807) is 6.07 Å². The average molecular weight is 274 g/mol. The molecule has 0 unspecified atom stereocenters. The van der Waals surface area contributed by atoms with Crippen LogP contribution >= 0.6 is 11.6 Å². The van der Waals surface area contributed by atoms with Crippen LogP contribution < -0.4 is 0 Å². The lowest BCUT2D eigenvalue weighted by molar-refractivity contribution is -0.00444. The highest BCUT2D eigenvalue weighted by molar-refractivity contribution is 6.31. The summed E-state index contributed by atoms with van der Waals surface area (Å²) < 4.78 is 12.9. The van der Waals surface area contributed by atoms with Crippen LogP contribution in [0.4, 0.5) is 4.39 Å². The molecular formula is C13H17ClFNO2. The zero-order valence-corrected chi connectivity index (χ0v) is 10.8. The average Bonchev–Trinajstić information content (AvgIpc) is 2.33. The fourth-order valence-corrected chi connectivity index (χ4v) is 2.52. The van der Waals surface area contributed by atoms with Gasteiger partial charge in [0.05, 0.1) is 6.10 Å². The molecule has 5 heteroatoms. The SMILES string of the molecule is OC[C@H]1CCN(Cc2ccc(F)cc2Cl)C[C@H]1O. The summed E-state index contributed by atoms with van der Waals surface area (Å²) in [4.78, 5) is 2.07. The molecule has 0 spiro atoms. The number of likely N-dealkylation sites (tertiary alicyclic amines) is 1. The van der Waals surface area contributed by atoms with E-state index < -0.39 is 6.10 Å². The Bertz CT molecular complexity index is 416. The zero-order valence-electron chi connectivity index (χ0n) is 10.0. The minimum absolute atomic E-state index is 0.0201. The fraction of sp³-hybridized carbons (Fsp3) is 0.538. The Morgan fingerprint density at radius 3 is 2.83 bits per heavy atom. The maximum Gasteiger partial charge on any atom is 0.124 e. The molecule has 1 saturated heterocycles. The molecule has 0 aromatic heterocycles. The second-order valence-corrected chi connectivity index (χ2v) is 5.18. The fourth-order valence-electron chi connectivity index (χ4n) is 2.29. The van der Waals surface area contributed by atoms with Crippen molar-refractivity contribution in [2.45, 2.75) is 19.1 Å². The van der Waals surface area contributed by atoms with E-state index in [4.69, 9.17) is 16.7 Å². The van der Waals surface area contributed by atoms with Crippen LogP contribution in [0, 0.1) is 11.7 Å². The summed E-state index contributed by atoms with van der Waals surface area (Å²) in [6.45, 7) is 1.93. The highest BCUT2D eigenvalue weighted by atomic mass is 35.5. The molecule has 100 valence electrons. The number of hydrogen-bond acceptors (Lipinski definition) is 3. The largest absolute Gasteiger partial charge is 0.396 e. The third-order valence-corrected chi connectivity index (χ3v) is 3.80. The minimum Gasteiger partial charge on any atom is -0.396 e. The lowest BCUT2D eigenvalue weighted by Gasteiger charge is -2.35. The van der Waals surface area contributed by atoms with Gasteiger partial charge >= 0.3 is 0 Å². The Labute approximate surface area is 111 Å². The number of rotatable bonds is 3. The van der Waals surface area contributed by atoms with Crippen LogP contribution in [0.25, 0.3) is 0 Å². The molecule has 0 saturated carbocycles. The molecule has 18 heavy (non-hydrogen) atoms. The van der Waals surface area contributed by atoms with Crippen LogP contribution in [0.3, 0.4) is 0 Å². The van der Waals surface area contributed by atoms with Gasteiger partial charge in [-0.3, -0.25) is 4.90 Å². The maximum atomic E-state index is 12.9. The Morgan fingerprint density at radius 2 is 2.22 bits per heavy atom. The van der Waals surface area contributed by atoms with Crippen LogP contribution in [0.2, 0.25) is 5.02 Å². The second kappa shape index (κ2) is 5.97. The van der Waals surface area contributed by atoms with Crippen LogP contribution in [0.15, 0.2) is 18.2 Å². The number of aliphatic hydroxyl groups excluding tert-OH is 2. The van der Waals surface area contributed by atoms with Gasteiger partial charge in [-0.25, -0.2) is 4.39 Å². The molecular weight excluding hydrogens is 257 g/mol. The van der Waals surface area contributed by atoms with Crippen LogP contribution in [0.5, 0.6) is 0 Å². The molecule has 1 aliphatic rings. The summed E-state index contributed by atoms with van der Waals surface area (Å²) in [5.41, 5.74) is 0.854. The first kappa shape index (κ1) is 13.7. The van der Waals surface area contributed by atoms with Crippen LogP contribution in [0.1, 0.15) is 12.0 Å². The van der Waals surface area contributed by atoms with Gasteiger partial charge in [0, 0.05) is 30.6 Å². The van der Waals surface area contributed by atoms with Crippen molar-refractivity contribution < 1.29 is 14.6 Å². The summed E-state index contributed by atoms with van der Waals surface area (Å²) in [7, 11) is 0. The molecule has 1 heterocycles. The van der Waals surface area contributed by atoms with E-state index in [1.165, 1.54) is 12.1 Å². The summed E-state index contributed by atoms with van der Waals surface area (Å²) in [5, 5.41) is 19.3. The molecule has 2 rings (SSSR count). The highest BCUT2D eigenvalue weighted by Gasteiger charge is 2.27. The molecule has 2 atom stereocenters. The lowest BCUT2D eigenvalue weighted by atomic mass is 9.94. The summed E-state index contributed by atoms with van der Waals surface area (Å²) in [6.07, 6.45) is 0.249. The van der Waals surface area contributed by atoms with Gasteiger partial charge in [0.1, 0.15) is 5.82 Å². The molecule has 1 aromatic carbocycles. The Morgan fingerprint density at radius 1 is 1.44 bits per heavy atom. The van der Waals surface area contributed by atoms with E-state index in [2.05, 4.69) is 4.90 Å². The van der Waals surface area contributed by atoms with Crippen molar-refractivity contribution in [1.82, 2.24) is 4.90 Å². The smallest absolute Gasteiger partial charge is 0.124 e. The van der Waals surface area contributed by atoms with E-state index in [9.17, 15) is 9.50 Å². The lowest BCUT2D eigenvalue weighted by Crippen LogP contribution is -2.44. The van der Waals surface area contributed by atoms with E-state index in [0.717, 1.165) is 18.5 Å². The van der Waals surface area contributed by atoms with Gasteiger partial charge in [-0.2, -0.15) is 0 Å². The first-order valence-electron chi connectivity index (χ1n) is 6.05. The van der Waals surface area contributed by atoms with E-state index in [0.29, 0.717) is 18.1 Å². The molecule has 2 N–H and O–H groups in total. The third kappa shape index (κ3) is 3.20. The van der Waals surface area contributed by atoms with Gasteiger partial charge in [0.15, 0.2) is 0 Å². The van der Waals surface area contributed by atoms with Gasteiger partial charge < -0.3 is 10.2 Å².